The lowest BCUT2D eigenvalue weighted by Crippen LogP contribution is -2.10. The van der Waals surface area contributed by atoms with Crippen LogP contribution < -0.4 is 0 Å². The summed E-state index contributed by atoms with van der Waals surface area (Å²) < 4.78 is 1.35. The lowest BCUT2D eigenvalue weighted by molar-refractivity contribution is 0.0681. The van der Waals surface area contributed by atoms with Gasteiger partial charge in [-0.2, -0.15) is 4.98 Å². The summed E-state index contributed by atoms with van der Waals surface area (Å²) in [6, 6.07) is 0. The topological polar surface area (TPSA) is 80.9 Å². The Labute approximate surface area is 95.6 Å². The van der Waals surface area contributed by atoms with Gasteiger partial charge in [0.15, 0.2) is 0 Å². The molecule has 0 radical (unpaired) electrons. The Hall–Kier alpha value is -1.95. The molecule has 0 amide bonds. The van der Waals surface area contributed by atoms with E-state index in [1.165, 1.54) is 23.2 Å². The zero-order valence-electron chi connectivity index (χ0n) is 8.25. The van der Waals surface area contributed by atoms with Crippen LogP contribution in [0.5, 0.6) is 0 Å². The molecule has 0 spiro atoms. The lowest BCUT2D eigenvalue weighted by atomic mass is 10.3. The summed E-state index contributed by atoms with van der Waals surface area (Å²) in [5, 5.41) is 8.98. The minimum Gasteiger partial charge on any atom is -0.475 e. The fourth-order valence-corrected chi connectivity index (χ4v) is 1.42. The van der Waals surface area contributed by atoms with Crippen molar-refractivity contribution in [2.75, 3.05) is 0 Å². The van der Waals surface area contributed by atoms with Crippen molar-refractivity contribution in [3.63, 3.8) is 0 Å². The van der Waals surface area contributed by atoms with Crippen molar-refractivity contribution in [1.82, 2.24) is 19.5 Å². The first kappa shape index (κ1) is 10.6. The van der Waals surface area contributed by atoms with Crippen LogP contribution in [-0.4, -0.2) is 30.6 Å². The summed E-state index contributed by atoms with van der Waals surface area (Å²) in [4.78, 5) is 22.4. The smallest absolute Gasteiger partial charge is 0.372 e. The summed E-state index contributed by atoms with van der Waals surface area (Å²) in [5.74, 6) is -0.827. The summed E-state index contributed by atoms with van der Waals surface area (Å²) in [5.41, 5.74) is 0.713. The Morgan fingerprint density at radius 3 is 2.94 bits per heavy atom. The van der Waals surface area contributed by atoms with Gasteiger partial charge < -0.3 is 5.11 Å². The van der Waals surface area contributed by atoms with Crippen molar-refractivity contribution in [3.05, 3.63) is 35.3 Å². The maximum Gasteiger partial charge on any atom is 0.372 e. The highest BCUT2D eigenvalue weighted by Gasteiger charge is 2.15. The van der Waals surface area contributed by atoms with E-state index in [1.807, 2.05) is 0 Å². The third kappa shape index (κ3) is 1.74. The van der Waals surface area contributed by atoms with Crippen molar-refractivity contribution in [3.8, 4) is 5.82 Å². The Morgan fingerprint density at radius 1 is 1.50 bits per heavy atom. The molecule has 2 heterocycles. The normalized spacial score (nSPS) is 10.4. The number of imidazole rings is 1. The molecule has 2 aromatic rings. The summed E-state index contributed by atoms with van der Waals surface area (Å²) in [6.45, 7) is 1.76. The highest BCUT2D eigenvalue weighted by atomic mass is 35.5. The maximum atomic E-state index is 10.9. The molecule has 6 nitrogen and oxygen atoms in total. The number of carbonyl (C=O) groups is 1. The number of aryl methyl sites for hydroxylation is 1. The van der Waals surface area contributed by atoms with Crippen molar-refractivity contribution in [2.45, 2.75) is 6.92 Å². The first-order chi connectivity index (χ1) is 7.59. The van der Waals surface area contributed by atoms with Gasteiger partial charge in [-0.3, -0.25) is 4.57 Å². The van der Waals surface area contributed by atoms with E-state index >= 15 is 0 Å². The van der Waals surface area contributed by atoms with Crippen LogP contribution in [0.2, 0.25) is 5.28 Å². The molecule has 2 rings (SSSR count). The van der Waals surface area contributed by atoms with Gasteiger partial charge in [-0.25, -0.2) is 14.8 Å². The molecule has 0 aliphatic carbocycles. The molecule has 82 valence electrons. The quantitative estimate of drug-likeness (QED) is 0.798. The van der Waals surface area contributed by atoms with Gasteiger partial charge in [0.05, 0.1) is 0 Å². The molecule has 0 unspecified atom stereocenters. The number of nitrogens with zero attached hydrogens (tertiary/aromatic N) is 4. The van der Waals surface area contributed by atoms with E-state index in [2.05, 4.69) is 15.0 Å². The molecule has 0 fully saturated rings. The van der Waals surface area contributed by atoms with Gasteiger partial charge in [0, 0.05) is 24.2 Å². The lowest BCUT2D eigenvalue weighted by Gasteiger charge is -2.06. The first-order valence-corrected chi connectivity index (χ1v) is 4.73. The van der Waals surface area contributed by atoms with Crippen LogP contribution in [0.3, 0.4) is 0 Å². The molecule has 7 heteroatoms. The predicted octanol–water partition coefficient (Wildman–Crippen LogP) is 1.32. The Morgan fingerprint density at radius 2 is 2.25 bits per heavy atom. The second-order valence-electron chi connectivity index (χ2n) is 3.07. The largest absolute Gasteiger partial charge is 0.475 e. The average Bonchev–Trinajstić information content (AvgIpc) is 2.70. The van der Waals surface area contributed by atoms with Crippen molar-refractivity contribution in [1.29, 1.82) is 0 Å². The number of aromatic nitrogens is 4. The average molecular weight is 239 g/mol. The van der Waals surface area contributed by atoms with E-state index in [0.717, 1.165) is 0 Å². The minimum atomic E-state index is -1.13. The van der Waals surface area contributed by atoms with E-state index in [-0.39, 0.29) is 11.1 Å². The van der Waals surface area contributed by atoms with Crippen molar-refractivity contribution in [2.24, 2.45) is 0 Å². The summed E-state index contributed by atoms with van der Waals surface area (Å²) in [7, 11) is 0. The monoisotopic (exact) mass is 238 g/mol. The van der Waals surface area contributed by atoms with E-state index in [0.29, 0.717) is 11.4 Å². The molecule has 0 saturated heterocycles. The third-order valence-corrected chi connectivity index (χ3v) is 2.16. The molecule has 0 bridgehead atoms. The number of carboxylic acids is 1. The zero-order valence-corrected chi connectivity index (χ0v) is 9.01. The number of rotatable bonds is 2. The van der Waals surface area contributed by atoms with Crippen molar-refractivity contribution < 1.29 is 9.90 Å². The molecule has 16 heavy (non-hydrogen) atoms. The van der Waals surface area contributed by atoms with Crippen LogP contribution in [0.1, 0.15) is 16.2 Å². The van der Waals surface area contributed by atoms with E-state index in [4.69, 9.17) is 16.7 Å². The molecule has 0 aliphatic rings. The summed E-state index contributed by atoms with van der Waals surface area (Å²) in [6.07, 6.45) is 4.42. The van der Waals surface area contributed by atoms with E-state index in [1.54, 1.807) is 6.92 Å². The zero-order chi connectivity index (χ0) is 11.7. The van der Waals surface area contributed by atoms with Crippen molar-refractivity contribution >= 4 is 17.6 Å². The van der Waals surface area contributed by atoms with Gasteiger partial charge >= 0.3 is 5.97 Å². The molecule has 0 atom stereocenters. The second kappa shape index (κ2) is 3.90. The number of carboxylic acid groups (broad SMARTS) is 1. The van der Waals surface area contributed by atoms with Gasteiger partial charge in [-0.05, 0) is 18.5 Å². The maximum absolute atomic E-state index is 10.9. The SMILES string of the molecule is Cc1cnc(Cl)nc1-n1ccnc1C(=O)O. The van der Waals surface area contributed by atoms with Crippen LogP contribution in [0.4, 0.5) is 0 Å². The number of aromatic carboxylic acids is 1. The van der Waals surface area contributed by atoms with Gasteiger partial charge in [0.25, 0.3) is 0 Å². The van der Waals surface area contributed by atoms with Crippen LogP contribution in [-0.2, 0) is 0 Å². The minimum absolute atomic E-state index is 0.0608. The van der Waals surface area contributed by atoms with Gasteiger partial charge in [0.1, 0.15) is 5.82 Å². The fourth-order valence-electron chi connectivity index (χ4n) is 1.29. The Bertz CT molecular complexity index is 552. The predicted molar refractivity (Wildman–Crippen MR) is 55.9 cm³/mol. The van der Waals surface area contributed by atoms with E-state index in [9.17, 15) is 4.79 Å². The van der Waals surface area contributed by atoms with Gasteiger partial charge in [0.2, 0.25) is 11.1 Å². The number of hydrogen-bond donors (Lipinski definition) is 1. The molecule has 0 saturated carbocycles. The summed E-state index contributed by atoms with van der Waals surface area (Å²) >= 11 is 5.66. The van der Waals surface area contributed by atoms with Crippen LogP contribution in [0, 0.1) is 6.92 Å². The molecule has 0 aliphatic heterocycles. The highest BCUT2D eigenvalue weighted by molar-refractivity contribution is 6.28. The second-order valence-corrected chi connectivity index (χ2v) is 3.41. The Balaban J connectivity index is 2.62. The van der Waals surface area contributed by atoms with Gasteiger partial charge in [-0.1, -0.05) is 0 Å². The van der Waals surface area contributed by atoms with E-state index < -0.39 is 5.97 Å². The third-order valence-electron chi connectivity index (χ3n) is 1.98. The molecular weight excluding hydrogens is 232 g/mol. The Kier molecular flexibility index (Phi) is 2.57. The number of hydrogen-bond acceptors (Lipinski definition) is 4. The number of halogens is 1. The molecule has 1 N–H and O–H groups in total. The van der Waals surface area contributed by atoms with Crippen LogP contribution in [0.15, 0.2) is 18.6 Å². The van der Waals surface area contributed by atoms with Gasteiger partial charge in [-0.15, -0.1) is 0 Å². The standard InChI is InChI=1S/C9H7ClN4O2/c1-5-4-12-9(10)13-6(5)14-3-2-11-7(14)8(15)16/h2-4H,1H3,(H,15,16). The molecule has 2 aromatic heterocycles. The van der Waals surface area contributed by atoms with Crippen LogP contribution in [0.25, 0.3) is 5.82 Å². The molecular formula is C9H7ClN4O2. The molecule has 0 aromatic carbocycles. The highest BCUT2D eigenvalue weighted by Crippen LogP contribution is 2.14. The first-order valence-electron chi connectivity index (χ1n) is 4.35. The van der Waals surface area contributed by atoms with Crippen LogP contribution >= 0.6 is 11.6 Å². The fraction of sp³-hybridized carbons (Fsp3) is 0.111.